The molecule has 0 aliphatic heterocycles. The van der Waals surface area contributed by atoms with Crippen LogP contribution in [-0.4, -0.2) is 45.3 Å². The van der Waals surface area contributed by atoms with Gasteiger partial charge in [-0.15, -0.1) is 16.7 Å². The van der Waals surface area contributed by atoms with E-state index in [0.29, 0.717) is 29.0 Å². The number of aliphatic hydroxyl groups is 1. The van der Waals surface area contributed by atoms with Crippen molar-refractivity contribution in [3.8, 4) is 11.5 Å². The standard InChI is InChI=1S/C25H30Cl2FN3O3/c1-17(11-26)15-34-24-9-6-19(10-23(24)27)25(2,3)18-4-7-22(8-5-18)33-16-21(32)14-31-13-20(12-28)29-30-31/h4-10,13,17,21,32H,11-12,14-16H2,1-3H3/t17-,21-/m0/s1/i28-1. The van der Waals surface area contributed by atoms with E-state index < -0.39 is 12.8 Å². The van der Waals surface area contributed by atoms with Crippen LogP contribution in [0.1, 0.15) is 37.6 Å². The van der Waals surface area contributed by atoms with Crippen molar-refractivity contribution >= 4 is 23.2 Å². The third kappa shape index (κ3) is 6.84. The molecule has 6 nitrogen and oxygen atoms in total. The molecule has 0 unspecified atom stereocenters. The summed E-state index contributed by atoms with van der Waals surface area (Å²) < 4.78 is 25.5. The van der Waals surface area contributed by atoms with Crippen LogP contribution in [-0.2, 0) is 18.6 Å². The molecule has 3 aromatic rings. The van der Waals surface area contributed by atoms with Crippen molar-refractivity contribution < 1.29 is 19.0 Å². The molecular formula is C25H30Cl2FN3O3. The molecule has 1 N–H and O–H groups in total. The fraction of sp³-hybridized carbons (Fsp3) is 0.440. The van der Waals surface area contributed by atoms with Crippen LogP contribution in [0.4, 0.5) is 4.39 Å². The van der Waals surface area contributed by atoms with Gasteiger partial charge in [-0.3, -0.25) is 0 Å². The third-order valence-electron chi connectivity index (χ3n) is 5.58. The van der Waals surface area contributed by atoms with Gasteiger partial charge >= 0.3 is 0 Å². The minimum Gasteiger partial charge on any atom is -0.492 e. The molecule has 0 spiro atoms. The van der Waals surface area contributed by atoms with Crippen molar-refractivity contribution in [1.29, 1.82) is 0 Å². The Balaban J connectivity index is 1.59. The Morgan fingerprint density at radius 3 is 2.41 bits per heavy atom. The summed E-state index contributed by atoms with van der Waals surface area (Å²) in [5, 5.41) is 18.2. The van der Waals surface area contributed by atoms with Gasteiger partial charge in [-0.1, -0.05) is 55.8 Å². The molecule has 0 bridgehead atoms. The molecule has 0 radical (unpaired) electrons. The average Bonchev–Trinajstić information content (AvgIpc) is 3.29. The van der Waals surface area contributed by atoms with E-state index in [0.717, 1.165) is 11.1 Å². The van der Waals surface area contributed by atoms with Gasteiger partial charge in [-0.25, -0.2) is 9.07 Å². The molecule has 0 saturated heterocycles. The van der Waals surface area contributed by atoms with Gasteiger partial charge in [0.15, 0.2) is 0 Å². The quantitative estimate of drug-likeness (QED) is 0.330. The zero-order valence-electron chi connectivity index (χ0n) is 19.5. The van der Waals surface area contributed by atoms with Crippen molar-refractivity contribution in [3.05, 3.63) is 70.5 Å². The summed E-state index contributed by atoms with van der Waals surface area (Å²) in [6, 6.07) is 13.6. The summed E-state index contributed by atoms with van der Waals surface area (Å²) in [5.74, 6) is 2.06. The minimum atomic E-state index is -0.805. The molecule has 2 atom stereocenters. The Morgan fingerprint density at radius 2 is 1.79 bits per heavy atom. The summed E-state index contributed by atoms with van der Waals surface area (Å²) in [4.78, 5) is 0. The van der Waals surface area contributed by atoms with E-state index in [1.54, 1.807) is 0 Å². The van der Waals surface area contributed by atoms with Gasteiger partial charge in [0.2, 0.25) is 0 Å². The number of rotatable bonds is 12. The summed E-state index contributed by atoms with van der Waals surface area (Å²) in [5.41, 5.74) is 2.07. The fourth-order valence-corrected chi connectivity index (χ4v) is 3.69. The van der Waals surface area contributed by atoms with E-state index in [1.807, 2.05) is 49.4 Å². The minimum absolute atomic E-state index is 0.0764. The van der Waals surface area contributed by atoms with Crippen LogP contribution in [0.3, 0.4) is 0 Å². The Labute approximate surface area is 209 Å². The van der Waals surface area contributed by atoms with Gasteiger partial charge in [-0.05, 0) is 35.4 Å². The van der Waals surface area contributed by atoms with Crippen molar-refractivity contribution in [1.82, 2.24) is 15.0 Å². The average molecular weight is 509 g/mol. The topological polar surface area (TPSA) is 69.4 Å². The maximum Gasteiger partial charge on any atom is 0.137 e. The first kappa shape index (κ1) is 26.3. The lowest BCUT2D eigenvalue weighted by Crippen LogP contribution is -2.24. The van der Waals surface area contributed by atoms with E-state index in [1.165, 1.54) is 10.9 Å². The second-order valence-corrected chi connectivity index (χ2v) is 9.61. The highest BCUT2D eigenvalue weighted by molar-refractivity contribution is 6.32. The number of hydrogen-bond donors (Lipinski definition) is 1. The lowest BCUT2D eigenvalue weighted by atomic mass is 9.78. The lowest BCUT2D eigenvalue weighted by Gasteiger charge is -2.27. The number of aliphatic hydroxyl groups excluding tert-OH is 1. The van der Waals surface area contributed by atoms with Crippen LogP contribution in [0.5, 0.6) is 11.5 Å². The summed E-state index contributed by atoms with van der Waals surface area (Å²) in [6.45, 7) is 6.34. The van der Waals surface area contributed by atoms with Crippen molar-refractivity contribution in [2.75, 3.05) is 19.1 Å². The van der Waals surface area contributed by atoms with E-state index in [-0.39, 0.29) is 30.2 Å². The van der Waals surface area contributed by atoms with Crippen LogP contribution in [0.15, 0.2) is 48.7 Å². The van der Waals surface area contributed by atoms with E-state index >= 15 is 0 Å². The highest BCUT2D eigenvalue weighted by atomic mass is 35.5. The number of aromatic nitrogens is 3. The van der Waals surface area contributed by atoms with Gasteiger partial charge < -0.3 is 14.6 Å². The largest absolute Gasteiger partial charge is 0.492 e. The van der Waals surface area contributed by atoms with Crippen LogP contribution in [0.25, 0.3) is 0 Å². The first-order chi connectivity index (χ1) is 16.2. The Kier molecular flexibility index (Phi) is 9.17. The van der Waals surface area contributed by atoms with Gasteiger partial charge in [0.25, 0.3) is 0 Å². The van der Waals surface area contributed by atoms with Gasteiger partial charge in [0, 0.05) is 17.2 Å². The van der Waals surface area contributed by atoms with Crippen LogP contribution < -0.4 is 9.47 Å². The SMILES string of the molecule is C[C@@H](CCl)COc1ccc(C(C)(C)c2ccc(OC[C@@H](O)Cn3cc(C[18F])nn3)cc2)cc1Cl. The summed E-state index contributed by atoms with van der Waals surface area (Å²) in [7, 11) is 0. The van der Waals surface area contributed by atoms with Gasteiger partial charge in [-0.2, -0.15) is 0 Å². The molecule has 1 aromatic heterocycles. The molecule has 0 aliphatic carbocycles. The predicted octanol–water partition coefficient (Wildman–Crippen LogP) is 5.42. The molecule has 1 heterocycles. The molecule has 0 saturated carbocycles. The predicted molar refractivity (Wildman–Crippen MR) is 132 cm³/mol. The lowest BCUT2D eigenvalue weighted by molar-refractivity contribution is 0.0888. The second-order valence-electron chi connectivity index (χ2n) is 8.90. The van der Waals surface area contributed by atoms with Crippen molar-refractivity contribution in [2.24, 2.45) is 5.92 Å². The monoisotopic (exact) mass is 508 g/mol. The van der Waals surface area contributed by atoms with Crippen molar-refractivity contribution in [2.45, 2.75) is 45.5 Å². The number of hydrogen-bond acceptors (Lipinski definition) is 5. The molecule has 184 valence electrons. The highest BCUT2D eigenvalue weighted by Gasteiger charge is 2.24. The summed E-state index contributed by atoms with van der Waals surface area (Å²) >= 11 is 12.3. The third-order valence-corrected chi connectivity index (χ3v) is 6.40. The van der Waals surface area contributed by atoms with E-state index in [9.17, 15) is 9.50 Å². The van der Waals surface area contributed by atoms with E-state index in [2.05, 4.69) is 24.2 Å². The Hall–Kier alpha value is -2.35. The zero-order chi connectivity index (χ0) is 24.7. The van der Waals surface area contributed by atoms with Crippen LogP contribution in [0.2, 0.25) is 5.02 Å². The zero-order valence-corrected chi connectivity index (χ0v) is 21.1. The van der Waals surface area contributed by atoms with Crippen LogP contribution in [0, 0.1) is 5.92 Å². The number of halogens is 3. The van der Waals surface area contributed by atoms with Gasteiger partial charge in [0.1, 0.15) is 36.6 Å². The second kappa shape index (κ2) is 11.9. The molecule has 34 heavy (non-hydrogen) atoms. The molecule has 0 amide bonds. The fourth-order valence-electron chi connectivity index (χ4n) is 3.37. The summed E-state index contributed by atoms with van der Waals surface area (Å²) in [6.07, 6.45) is 0.659. The molecule has 3 rings (SSSR count). The smallest absolute Gasteiger partial charge is 0.137 e. The maximum atomic E-state index is 12.6. The first-order valence-corrected chi connectivity index (χ1v) is 12.0. The first-order valence-electron chi connectivity index (χ1n) is 11.1. The maximum absolute atomic E-state index is 12.6. The van der Waals surface area contributed by atoms with Crippen LogP contribution >= 0.6 is 23.2 Å². The number of nitrogens with zero attached hydrogens (tertiary/aromatic N) is 3. The molecule has 9 heteroatoms. The van der Waals surface area contributed by atoms with E-state index in [4.69, 9.17) is 32.7 Å². The number of ether oxygens (including phenoxy) is 2. The Morgan fingerprint density at radius 1 is 1.09 bits per heavy atom. The normalized spacial score (nSPS) is 13.5. The van der Waals surface area contributed by atoms with Crippen molar-refractivity contribution in [3.63, 3.8) is 0 Å². The number of alkyl halides is 2. The number of benzene rings is 2. The molecular weight excluding hydrogens is 479 g/mol. The molecule has 0 aliphatic rings. The molecule has 2 aromatic carbocycles. The van der Waals surface area contributed by atoms with Gasteiger partial charge in [0.05, 0.1) is 24.4 Å². The highest BCUT2D eigenvalue weighted by Crippen LogP contribution is 2.36. The Bertz CT molecular complexity index is 1060. The molecule has 0 fully saturated rings.